The molecule has 0 bridgehead atoms. The number of fused-ring (bicyclic) bond motifs is 3. The lowest BCUT2D eigenvalue weighted by molar-refractivity contribution is 0.669. The Morgan fingerprint density at radius 2 is 0.977 bits per heavy atom. The van der Waals surface area contributed by atoms with E-state index in [1.807, 2.05) is 0 Å². The normalized spacial score (nSPS) is 12.1. The van der Waals surface area contributed by atoms with Crippen molar-refractivity contribution in [2.24, 2.45) is 0 Å². The highest BCUT2D eigenvalue weighted by atomic mass is 16.3. The summed E-state index contributed by atoms with van der Waals surface area (Å²) in [6.07, 6.45) is 0. The molecule has 2 heteroatoms. The number of hydrogen-bond acceptors (Lipinski definition) is 1. The Morgan fingerprint density at radius 3 is 1.84 bits per heavy atom. The summed E-state index contributed by atoms with van der Waals surface area (Å²) in [7, 11) is 0. The molecule has 0 N–H and O–H groups in total. The Hall–Kier alpha value is -5.86. The first kappa shape index (κ1) is 23.7. The Kier molecular flexibility index (Phi) is 4.75. The van der Waals surface area contributed by atoms with Crippen molar-refractivity contribution in [1.82, 2.24) is 4.57 Å². The van der Waals surface area contributed by atoms with Crippen LogP contribution < -0.4 is 0 Å². The molecule has 2 aromatic heterocycles. The number of furan rings is 1. The predicted octanol–water partition coefficient (Wildman–Crippen LogP) is 11.8. The van der Waals surface area contributed by atoms with Gasteiger partial charge in [0.05, 0.1) is 16.7 Å². The molecule has 0 aliphatic rings. The molecule has 0 aliphatic carbocycles. The highest BCUT2D eigenvalue weighted by molar-refractivity contribution is 6.38. The highest BCUT2D eigenvalue weighted by Gasteiger charge is 2.23. The number of rotatable bonds is 3. The maximum Gasteiger partial charge on any atom is 0.136 e. The molecule has 0 fully saturated rings. The second kappa shape index (κ2) is 8.82. The Bertz CT molecular complexity index is 2710. The molecule has 10 aromatic rings. The van der Waals surface area contributed by atoms with Gasteiger partial charge in [-0.3, -0.25) is 0 Å². The number of benzene rings is 7. The molecule has 0 aliphatic heterocycles. The summed E-state index contributed by atoms with van der Waals surface area (Å²) in [5, 5.41) is 9.87. The molecule has 8 aromatic carbocycles. The first-order valence-electron chi connectivity index (χ1n) is 15.1. The van der Waals surface area contributed by atoms with E-state index >= 15 is 0 Å². The van der Waals surface area contributed by atoms with Crippen LogP contribution in [0.4, 0.5) is 0 Å². The molecule has 0 atom stereocenters. The SMILES string of the molecule is c1ccc(-c2cccc(-c3ccccc3-n3c4cccc5c6ccccc6c6cccc7oc8ccc3c(c8c76)c54)c2)cc1. The number of hydrogen-bond donors (Lipinski definition) is 0. The maximum atomic E-state index is 6.54. The molecule has 2 nitrogen and oxygen atoms in total. The third-order valence-electron chi connectivity index (χ3n) is 9.35. The maximum absolute atomic E-state index is 6.54. The fourth-order valence-electron chi connectivity index (χ4n) is 7.53. The molecule has 0 spiro atoms. The quantitative estimate of drug-likeness (QED) is 0.211. The van der Waals surface area contributed by atoms with Gasteiger partial charge < -0.3 is 8.98 Å². The lowest BCUT2D eigenvalue weighted by Gasteiger charge is -2.15. The Morgan fingerprint density at radius 1 is 0.364 bits per heavy atom. The van der Waals surface area contributed by atoms with Crippen molar-refractivity contribution in [3.8, 4) is 27.9 Å². The fourth-order valence-corrected chi connectivity index (χ4v) is 7.53. The van der Waals surface area contributed by atoms with Gasteiger partial charge >= 0.3 is 0 Å². The van der Waals surface area contributed by atoms with Crippen molar-refractivity contribution >= 4 is 65.3 Å². The zero-order chi connectivity index (χ0) is 28.8. The van der Waals surface area contributed by atoms with Gasteiger partial charge in [0, 0.05) is 27.1 Å². The van der Waals surface area contributed by atoms with Crippen LogP contribution in [0.15, 0.2) is 156 Å². The van der Waals surface area contributed by atoms with Gasteiger partial charge in [0.25, 0.3) is 0 Å². The van der Waals surface area contributed by atoms with Crippen molar-refractivity contribution in [3.63, 3.8) is 0 Å². The molecule has 0 saturated heterocycles. The van der Waals surface area contributed by atoms with Crippen molar-refractivity contribution in [1.29, 1.82) is 0 Å². The van der Waals surface area contributed by atoms with E-state index < -0.39 is 0 Å². The lowest BCUT2D eigenvalue weighted by Crippen LogP contribution is -1.97. The number of aromatic nitrogens is 1. The predicted molar refractivity (Wildman–Crippen MR) is 185 cm³/mol. The number of nitrogens with zero attached hydrogens (tertiary/aromatic N) is 1. The zero-order valence-electron chi connectivity index (χ0n) is 23.8. The second-order valence-electron chi connectivity index (χ2n) is 11.7. The summed E-state index contributed by atoms with van der Waals surface area (Å²) in [5.41, 5.74) is 10.2. The largest absolute Gasteiger partial charge is 0.456 e. The second-order valence-corrected chi connectivity index (χ2v) is 11.7. The minimum atomic E-state index is 0.928. The van der Waals surface area contributed by atoms with Crippen LogP contribution >= 0.6 is 0 Å². The van der Waals surface area contributed by atoms with E-state index in [-0.39, 0.29) is 0 Å². The van der Waals surface area contributed by atoms with Crippen LogP contribution in [-0.2, 0) is 0 Å². The fraction of sp³-hybridized carbons (Fsp3) is 0. The molecule has 10 rings (SSSR count). The molecular formula is C42H25NO. The monoisotopic (exact) mass is 559 g/mol. The first-order chi connectivity index (χ1) is 21.8. The zero-order valence-corrected chi connectivity index (χ0v) is 23.8. The molecule has 2 heterocycles. The van der Waals surface area contributed by atoms with E-state index in [1.54, 1.807) is 0 Å². The molecule has 204 valence electrons. The first-order valence-corrected chi connectivity index (χ1v) is 15.1. The van der Waals surface area contributed by atoms with Gasteiger partial charge in [-0.05, 0) is 74.6 Å². The topological polar surface area (TPSA) is 18.1 Å². The summed E-state index contributed by atoms with van der Waals surface area (Å²) in [5.74, 6) is 0. The standard InChI is InChI=1S/C42H25NO/c1-2-11-26(12-3-1)27-13-8-14-28(25-27)29-15-6-7-20-34(29)43-35-21-9-18-32-30-16-4-5-17-31(30)33-19-10-22-37-40(33)42-38(44-37)24-23-36(43)41(42)39(32)35/h1-25H. The van der Waals surface area contributed by atoms with Crippen molar-refractivity contribution in [2.45, 2.75) is 0 Å². The molecule has 0 unspecified atom stereocenters. The average molecular weight is 560 g/mol. The van der Waals surface area contributed by atoms with Crippen molar-refractivity contribution in [3.05, 3.63) is 152 Å². The van der Waals surface area contributed by atoms with Crippen LogP contribution in [0.3, 0.4) is 0 Å². The van der Waals surface area contributed by atoms with Crippen LogP contribution in [0.25, 0.3) is 93.2 Å². The van der Waals surface area contributed by atoms with Gasteiger partial charge in [0.2, 0.25) is 0 Å². The molecule has 44 heavy (non-hydrogen) atoms. The lowest BCUT2D eigenvalue weighted by atomic mass is 9.95. The van der Waals surface area contributed by atoms with Crippen molar-refractivity contribution < 1.29 is 4.42 Å². The third-order valence-corrected chi connectivity index (χ3v) is 9.35. The molecule has 0 amide bonds. The average Bonchev–Trinajstić information content (AvgIpc) is 3.64. The summed E-state index contributed by atoms with van der Waals surface area (Å²) in [4.78, 5) is 0. The van der Waals surface area contributed by atoms with E-state index in [1.165, 1.54) is 76.4 Å². The third kappa shape index (κ3) is 3.14. The minimum absolute atomic E-state index is 0.928. The van der Waals surface area contributed by atoms with Crippen LogP contribution in [0.1, 0.15) is 0 Å². The molecule has 0 saturated carbocycles. The van der Waals surface area contributed by atoms with E-state index in [2.05, 4.69) is 156 Å². The van der Waals surface area contributed by atoms with E-state index in [0.29, 0.717) is 0 Å². The van der Waals surface area contributed by atoms with Gasteiger partial charge in [-0.2, -0.15) is 0 Å². The van der Waals surface area contributed by atoms with E-state index in [4.69, 9.17) is 4.42 Å². The van der Waals surface area contributed by atoms with E-state index in [9.17, 15) is 0 Å². The summed E-state index contributed by atoms with van der Waals surface area (Å²) < 4.78 is 9.01. The van der Waals surface area contributed by atoms with Gasteiger partial charge in [0.15, 0.2) is 0 Å². The van der Waals surface area contributed by atoms with Gasteiger partial charge in [-0.1, -0.05) is 115 Å². The van der Waals surface area contributed by atoms with Crippen molar-refractivity contribution in [2.75, 3.05) is 0 Å². The van der Waals surface area contributed by atoms with Gasteiger partial charge in [-0.25, -0.2) is 0 Å². The van der Waals surface area contributed by atoms with Gasteiger partial charge in [-0.15, -0.1) is 0 Å². The van der Waals surface area contributed by atoms with Crippen LogP contribution in [0.5, 0.6) is 0 Å². The summed E-state index contributed by atoms with van der Waals surface area (Å²) >= 11 is 0. The van der Waals surface area contributed by atoms with Gasteiger partial charge in [0.1, 0.15) is 11.2 Å². The summed E-state index contributed by atoms with van der Waals surface area (Å²) in [6.45, 7) is 0. The highest BCUT2D eigenvalue weighted by Crippen LogP contribution is 2.47. The van der Waals surface area contributed by atoms with E-state index in [0.717, 1.165) is 16.9 Å². The van der Waals surface area contributed by atoms with Crippen LogP contribution in [0, 0.1) is 0 Å². The summed E-state index contributed by atoms with van der Waals surface area (Å²) in [6, 6.07) is 54.7. The Labute approximate surface area is 253 Å². The molecular weight excluding hydrogens is 534 g/mol. The Balaban J connectivity index is 1.38. The minimum Gasteiger partial charge on any atom is -0.456 e. The molecule has 0 radical (unpaired) electrons. The number of para-hydroxylation sites is 1. The van der Waals surface area contributed by atoms with Crippen LogP contribution in [-0.4, -0.2) is 4.57 Å². The van der Waals surface area contributed by atoms with Crippen LogP contribution in [0.2, 0.25) is 0 Å². The smallest absolute Gasteiger partial charge is 0.136 e.